The van der Waals surface area contributed by atoms with Crippen molar-refractivity contribution in [3.05, 3.63) is 17.7 Å². The Balaban J connectivity index is 2.24. The summed E-state index contributed by atoms with van der Waals surface area (Å²) in [6, 6.07) is -0.628. The van der Waals surface area contributed by atoms with E-state index in [-0.39, 0.29) is 29.6 Å². The molecule has 0 saturated carbocycles. The second-order valence-electron chi connectivity index (χ2n) is 3.71. The van der Waals surface area contributed by atoms with E-state index in [0.717, 1.165) is 4.90 Å². The minimum Gasteiger partial charge on any atom is -0.371 e. The summed E-state index contributed by atoms with van der Waals surface area (Å²) >= 11 is 0.210. The number of amides is 2. The average molecular weight is 294 g/mol. The Bertz CT molecular complexity index is 504. The second-order valence-corrected chi connectivity index (χ2v) is 4.67. The first-order chi connectivity index (χ1) is 8.84. The van der Waals surface area contributed by atoms with E-state index < -0.39 is 23.4 Å². The standard InChI is InChI=1S/C9H9F3N4O2S/c1-2-3-15-4-5(17)16(8(15)18)7-14-13-6(19-7)9(10,11)12/h2,5,17H,1,3-4H2. The van der Waals surface area contributed by atoms with Gasteiger partial charge in [-0.25, -0.2) is 9.69 Å². The zero-order valence-corrected chi connectivity index (χ0v) is 10.3. The first kappa shape index (κ1) is 13.7. The maximum atomic E-state index is 12.4. The highest BCUT2D eigenvalue weighted by Gasteiger charge is 2.41. The Kier molecular flexibility index (Phi) is 3.45. The lowest BCUT2D eigenvalue weighted by Gasteiger charge is -2.15. The number of hydrogen-bond donors (Lipinski definition) is 1. The smallest absolute Gasteiger partial charge is 0.371 e. The van der Waals surface area contributed by atoms with Gasteiger partial charge in [0.05, 0.1) is 6.54 Å². The SMILES string of the molecule is C=CCN1CC(O)N(c2nnc(C(F)(F)F)s2)C1=O. The highest BCUT2D eigenvalue weighted by Crippen LogP contribution is 2.35. The number of hydrogen-bond acceptors (Lipinski definition) is 5. The van der Waals surface area contributed by atoms with Gasteiger partial charge in [0.1, 0.15) is 0 Å². The van der Waals surface area contributed by atoms with Crippen molar-refractivity contribution in [1.29, 1.82) is 0 Å². The number of nitrogens with zero attached hydrogens (tertiary/aromatic N) is 4. The van der Waals surface area contributed by atoms with Crippen molar-refractivity contribution in [2.45, 2.75) is 12.4 Å². The summed E-state index contributed by atoms with van der Waals surface area (Å²) in [5, 5.41) is 14.5. The normalized spacial score (nSPS) is 20.2. The van der Waals surface area contributed by atoms with E-state index in [0.29, 0.717) is 0 Å². The van der Waals surface area contributed by atoms with E-state index in [1.807, 2.05) is 0 Å². The van der Waals surface area contributed by atoms with Crippen LogP contribution in [0.1, 0.15) is 5.01 Å². The van der Waals surface area contributed by atoms with E-state index in [9.17, 15) is 23.1 Å². The predicted molar refractivity (Wildman–Crippen MR) is 60.6 cm³/mol. The Morgan fingerprint density at radius 2 is 2.21 bits per heavy atom. The van der Waals surface area contributed by atoms with Crippen LogP contribution in [-0.2, 0) is 6.18 Å². The first-order valence-electron chi connectivity index (χ1n) is 5.12. The van der Waals surface area contributed by atoms with E-state index in [1.165, 1.54) is 11.0 Å². The maximum absolute atomic E-state index is 12.4. The number of alkyl halides is 3. The molecular formula is C9H9F3N4O2S. The lowest BCUT2D eigenvalue weighted by atomic mass is 10.5. The van der Waals surface area contributed by atoms with Gasteiger partial charge in [-0.1, -0.05) is 17.4 Å². The number of carbonyl (C=O) groups excluding carboxylic acids is 1. The van der Waals surface area contributed by atoms with E-state index >= 15 is 0 Å². The summed E-state index contributed by atoms with van der Waals surface area (Å²) in [6.45, 7) is 3.62. The number of aliphatic hydroxyl groups excluding tert-OH is 1. The summed E-state index contributed by atoms with van der Waals surface area (Å²) in [6.07, 6.45) is -4.42. The molecule has 0 spiro atoms. The number of halogens is 3. The Hall–Kier alpha value is -1.68. The quantitative estimate of drug-likeness (QED) is 0.853. The van der Waals surface area contributed by atoms with Crippen molar-refractivity contribution in [1.82, 2.24) is 15.1 Å². The molecule has 6 nitrogen and oxygen atoms in total. The molecule has 1 aromatic rings. The van der Waals surface area contributed by atoms with Gasteiger partial charge in [-0.15, -0.1) is 16.8 Å². The van der Waals surface area contributed by atoms with Gasteiger partial charge in [0, 0.05) is 6.54 Å². The van der Waals surface area contributed by atoms with Crippen LogP contribution in [0.2, 0.25) is 0 Å². The van der Waals surface area contributed by atoms with Crippen molar-refractivity contribution >= 4 is 22.5 Å². The second kappa shape index (κ2) is 4.78. The van der Waals surface area contributed by atoms with Crippen LogP contribution in [0.3, 0.4) is 0 Å². The fourth-order valence-corrected chi connectivity index (χ4v) is 2.33. The van der Waals surface area contributed by atoms with Crippen LogP contribution in [0.5, 0.6) is 0 Å². The number of rotatable bonds is 3. The number of aromatic nitrogens is 2. The molecule has 2 rings (SSSR count). The molecule has 0 aromatic carbocycles. The topological polar surface area (TPSA) is 69.6 Å². The van der Waals surface area contributed by atoms with Crippen LogP contribution in [0, 0.1) is 0 Å². The van der Waals surface area contributed by atoms with Gasteiger partial charge in [0.25, 0.3) is 0 Å². The molecule has 2 heterocycles. The molecule has 1 N–H and O–H groups in total. The number of anilines is 1. The zero-order chi connectivity index (χ0) is 14.2. The van der Waals surface area contributed by atoms with Gasteiger partial charge >= 0.3 is 12.2 Å². The molecule has 1 unspecified atom stereocenters. The van der Waals surface area contributed by atoms with Crippen molar-refractivity contribution in [3.63, 3.8) is 0 Å². The highest BCUT2D eigenvalue weighted by molar-refractivity contribution is 7.15. The summed E-state index contributed by atoms with van der Waals surface area (Å²) in [5.74, 6) is 0. The minimum atomic E-state index is -4.62. The van der Waals surface area contributed by atoms with Gasteiger partial charge in [0.15, 0.2) is 6.23 Å². The van der Waals surface area contributed by atoms with E-state index in [4.69, 9.17) is 0 Å². The Labute approximate surface area is 109 Å². The third-order valence-electron chi connectivity index (χ3n) is 2.37. The Morgan fingerprint density at radius 1 is 1.53 bits per heavy atom. The van der Waals surface area contributed by atoms with Crippen LogP contribution < -0.4 is 4.90 Å². The molecule has 1 aromatic heterocycles. The molecule has 10 heteroatoms. The summed E-state index contributed by atoms with van der Waals surface area (Å²) in [5.41, 5.74) is 0. The lowest BCUT2D eigenvalue weighted by molar-refractivity contribution is -0.138. The van der Waals surface area contributed by atoms with Crippen molar-refractivity contribution in [3.8, 4) is 0 Å². The number of β-amino-alcohol motifs (C(OH)–C–C–N with tert-alkyl or cyclic N) is 1. The molecule has 104 valence electrons. The predicted octanol–water partition coefficient (Wildman–Crippen LogP) is 1.30. The Morgan fingerprint density at radius 3 is 2.74 bits per heavy atom. The maximum Gasteiger partial charge on any atom is 0.445 e. The average Bonchev–Trinajstić information content (AvgIpc) is 2.85. The van der Waals surface area contributed by atoms with Crippen LogP contribution in [0.15, 0.2) is 12.7 Å². The molecule has 2 amide bonds. The molecule has 1 saturated heterocycles. The molecule has 1 fully saturated rings. The molecular weight excluding hydrogens is 285 g/mol. The van der Waals surface area contributed by atoms with E-state index in [2.05, 4.69) is 16.8 Å². The van der Waals surface area contributed by atoms with Gasteiger partial charge < -0.3 is 10.0 Å². The molecule has 0 bridgehead atoms. The first-order valence-corrected chi connectivity index (χ1v) is 5.94. The summed E-state index contributed by atoms with van der Waals surface area (Å²) in [4.78, 5) is 13.9. The van der Waals surface area contributed by atoms with Crippen LogP contribution in [0.4, 0.5) is 23.1 Å². The van der Waals surface area contributed by atoms with Gasteiger partial charge in [0.2, 0.25) is 10.1 Å². The molecule has 1 atom stereocenters. The minimum absolute atomic E-state index is 0.0220. The van der Waals surface area contributed by atoms with Crippen molar-refractivity contribution < 1.29 is 23.1 Å². The van der Waals surface area contributed by atoms with Crippen LogP contribution in [0.25, 0.3) is 0 Å². The monoisotopic (exact) mass is 294 g/mol. The third kappa shape index (κ3) is 2.54. The van der Waals surface area contributed by atoms with Crippen molar-refractivity contribution in [2.75, 3.05) is 18.0 Å². The number of carbonyl (C=O) groups is 1. The fourth-order valence-electron chi connectivity index (χ4n) is 1.58. The number of urea groups is 1. The molecule has 0 radical (unpaired) electrons. The molecule has 19 heavy (non-hydrogen) atoms. The lowest BCUT2D eigenvalue weighted by Crippen LogP contribution is -2.34. The van der Waals surface area contributed by atoms with Crippen LogP contribution in [-0.4, -0.2) is 45.6 Å². The number of aliphatic hydroxyl groups is 1. The van der Waals surface area contributed by atoms with Gasteiger partial charge in [-0.2, -0.15) is 13.2 Å². The molecule has 1 aliphatic heterocycles. The molecule has 1 aliphatic rings. The molecule has 0 aliphatic carbocycles. The fraction of sp³-hybridized carbons (Fsp3) is 0.444. The van der Waals surface area contributed by atoms with E-state index in [1.54, 1.807) is 0 Å². The van der Waals surface area contributed by atoms with Crippen molar-refractivity contribution in [2.24, 2.45) is 0 Å². The van der Waals surface area contributed by atoms with Crippen LogP contribution >= 0.6 is 11.3 Å². The highest BCUT2D eigenvalue weighted by atomic mass is 32.1. The summed E-state index contributed by atoms with van der Waals surface area (Å²) < 4.78 is 37.2. The van der Waals surface area contributed by atoms with Gasteiger partial charge in [-0.3, -0.25) is 0 Å². The van der Waals surface area contributed by atoms with Gasteiger partial charge in [-0.05, 0) is 0 Å². The third-order valence-corrected chi connectivity index (χ3v) is 3.34. The largest absolute Gasteiger partial charge is 0.445 e. The zero-order valence-electron chi connectivity index (χ0n) is 9.46. The summed E-state index contributed by atoms with van der Waals surface area (Å²) in [7, 11) is 0.